The number of methoxy groups -OCH3 is 1. The van der Waals surface area contributed by atoms with Crippen molar-refractivity contribution in [1.82, 2.24) is 4.98 Å². The molecule has 4 nitrogen and oxygen atoms in total. The van der Waals surface area contributed by atoms with E-state index in [1.165, 1.54) is 13.4 Å². The van der Waals surface area contributed by atoms with E-state index in [9.17, 15) is 4.79 Å². The molecule has 0 amide bonds. The number of pyridine rings is 1. The van der Waals surface area contributed by atoms with Gasteiger partial charge in [-0.3, -0.25) is 4.98 Å². The van der Waals surface area contributed by atoms with Gasteiger partial charge in [0, 0.05) is 11.6 Å². The van der Waals surface area contributed by atoms with E-state index >= 15 is 0 Å². The topological polar surface area (TPSA) is 52.3 Å². The van der Waals surface area contributed by atoms with Crippen molar-refractivity contribution in [3.63, 3.8) is 0 Å². The molecule has 2 aromatic rings. The summed E-state index contributed by atoms with van der Waals surface area (Å²) in [7, 11) is 1.34. The number of carbonyl (C=O) groups is 1. The molecule has 0 aliphatic rings. The van der Waals surface area contributed by atoms with Gasteiger partial charge in [-0.25, -0.2) is 4.79 Å². The van der Waals surface area contributed by atoms with Crippen LogP contribution in [0.4, 0.5) is 0 Å². The van der Waals surface area contributed by atoms with Crippen LogP contribution in [0.25, 0.3) is 11.0 Å². The fourth-order valence-electron chi connectivity index (χ4n) is 1.15. The van der Waals surface area contributed by atoms with Crippen molar-refractivity contribution in [2.24, 2.45) is 0 Å². The Morgan fingerprint density at radius 3 is 3.23 bits per heavy atom. The number of furan rings is 1. The molecule has 0 atom stereocenters. The zero-order chi connectivity index (χ0) is 9.26. The molecule has 4 heteroatoms. The Hall–Kier alpha value is -1.84. The van der Waals surface area contributed by atoms with Crippen LogP contribution in [-0.4, -0.2) is 18.1 Å². The second-order valence-corrected chi connectivity index (χ2v) is 2.51. The Labute approximate surface area is 74.1 Å². The SMILES string of the molecule is COC(=O)c1coc2cnccc12. The molecule has 0 fully saturated rings. The molecular weight excluding hydrogens is 170 g/mol. The molecule has 0 aliphatic heterocycles. The van der Waals surface area contributed by atoms with Crippen LogP contribution in [0.2, 0.25) is 0 Å². The molecular formula is C9H7NO3. The molecule has 0 spiro atoms. The largest absolute Gasteiger partial charge is 0.465 e. The van der Waals surface area contributed by atoms with Crippen molar-refractivity contribution in [2.75, 3.05) is 7.11 Å². The fourth-order valence-corrected chi connectivity index (χ4v) is 1.15. The quantitative estimate of drug-likeness (QED) is 0.621. The van der Waals surface area contributed by atoms with Gasteiger partial charge in [-0.2, -0.15) is 0 Å². The lowest BCUT2D eigenvalue weighted by atomic mass is 10.2. The van der Waals surface area contributed by atoms with Crippen molar-refractivity contribution in [3.05, 3.63) is 30.3 Å². The summed E-state index contributed by atoms with van der Waals surface area (Å²) >= 11 is 0. The second kappa shape index (κ2) is 2.90. The maximum Gasteiger partial charge on any atom is 0.341 e. The van der Waals surface area contributed by atoms with Gasteiger partial charge < -0.3 is 9.15 Å². The lowest BCUT2D eigenvalue weighted by molar-refractivity contribution is 0.0602. The summed E-state index contributed by atoms with van der Waals surface area (Å²) in [4.78, 5) is 15.1. The van der Waals surface area contributed by atoms with Gasteiger partial charge in [0.25, 0.3) is 0 Å². The minimum atomic E-state index is -0.398. The van der Waals surface area contributed by atoms with Crippen molar-refractivity contribution in [3.8, 4) is 0 Å². The molecule has 0 saturated carbocycles. The maximum absolute atomic E-state index is 11.2. The second-order valence-electron chi connectivity index (χ2n) is 2.51. The fraction of sp³-hybridized carbons (Fsp3) is 0.111. The van der Waals surface area contributed by atoms with Crippen molar-refractivity contribution in [1.29, 1.82) is 0 Å². The predicted molar refractivity (Wildman–Crippen MR) is 45.3 cm³/mol. The van der Waals surface area contributed by atoms with E-state index < -0.39 is 5.97 Å². The smallest absolute Gasteiger partial charge is 0.341 e. The number of carbonyl (C=O) groups excluding carboxylic acids is 1. The number of aromatic nitrogens is 1. The van der Waals surface area contributed by atoms with E-state index in [0.29, 0.717) is 11.1 Å². The summed E-state index contributed by atoms with van der Waals surface area (Å²) in [6.45, 7) is 0. The summed E-state index contributed by atoms with van der Waals surface area (Å²) in [6.07, 6.45) is 4.53. The first-order chi connectivity index (χ1) is 6.33. The Morgan fingerprint density at radius 2 is 2.46 bits per heavy atom. The molecule has 0 bridgehead atoms. The lowest BCUT2D eigenvalue weighted by Gasteiger charge is -1.93. The summed E-state index contributed by atoms with van der Waals surface area (Å²) in [5, 5.41) is 0.724. The highest BCUT2D eigenvalue weighted by atomic mass is 16.5. The first kappa shape index (κ1) is 7.79. The average molecular weight is 177 g/mol. The van der Waals surface area contributed by atoms with Gasteiger partial charge in [0.1, 0.15) is 11.8 Å². The summed E-state index contributed by atoms with van der Waals surface area (Å²) in [5.41, 5.74) is 1.02. The number of rotatable bonds is 1. The zero-order valence-electron chi connectivity index (χ0n) is 6.98. The minimum Gasteiger partial charge on any atom is -0.465 e. The molecule has 0 radical (unpaired) electrons. The average Bonchev–Trinajstić information content (AvgIpc) is 2.60. The van der Waals surface area contributed by atoms with Crippen LogP contribution in [0.3, 0.4) is 0 Å². The molecule has 0 unspecified atom stereocenters. The third-order valence-corrected chi connectivity index (χ3v) is 1.78. The van der Waals surface area contributed by atoms with Crippen LogP contribution < -0.4 is 0 Å². The van der Waals surface area contributed by atoms with Crippen LogP contribution in [0.1, 0.15) is 10.4 Å². The molecule has 2 heterocycles. The monoisotopic (exact) mass is 177 g/mol. The molecule has 0 aromatic carbocycles. The van der Waals surface area contributed by atoms with Gasteiger partial charge in [0.05, 0.1) is 13.3 Å². The Balaban J connectivity index is 2.64. The zero-order valence-corrected chi connectivity index (χ0v) is 6.98. The van der Waals surface area contributed by atoms with E-state index in [-0.39, 0.29) is 0 Å². The van der Waals surface area contributed by atoms with Gasteiger partial charge in [-0.15, -0.1) is 0 Å². The highest BCUT2D eigenvalue weighted by molar-refractivity contribution is 6.02. The molecule has 0 aliphatic carbocycles. The summed E-state index contributed by atoms with van der Waals surface area (Å²) < 4.78 is 9.69. The predicted octanol–water partition coefficient (Wildman–Crippen LogP) is 1.61. The van der Waals surface area contributed by atoms with Crippen LogP contribution in [-0.2, 0) is 4.74 Å². The van der Waals surface area contributed by atoms with Crippen LogP contribution >= 0.6 is 0 Å². The molecule has 0 N–H and O–H groups in total. The van der Waals surface area contributed by atoms with E-state index in [2.05, 4.69) is 9.72 Å². The number of fused-ring (bicyclic) bond motifs is 1. The van der Waals surface area contributed by atoms with Gasteiger partial charge in [-0.1, -0.05) is 0 Å². The highest BCUT2D eigenvalue weighted by Crippen LogP contribution is 2.19. The van der Waals surface area contributed by atoms with Crippen LogP contribution in [0, 0.1) is 0 Å². The van der Waals surface area contributed by atoms with Crippen molar-refractivity contribution < 1.29 is 13.9 Å². The Bertz CT molecular complexity index is 447. The number of hydrogen-bond donors (Lipinski definition) is 0. The van der Waals surface area contributed by atoms with E-state index in [1.807, 2.05) is 0 Å². The molecule has 2 aromatic heterocycles. The van der Waals surface area contributed by atoms with Crippen LogP contribution in [0.5, 0.6) is 0 Å². The van der Waals surface area contributed by atoms with E-state index in [4.69, 9.17) is 4.42 Å². The Kier molecular flexibility index (Phi) is 1.73. The van der Waals surface area contributed by atoms with Crippen molar-refractivity contribution in [2.45, 2.75) is 0 Å². The normalized spacial score (nSPS) is 10.2. The van der Waals surface area contributed by atoms with Gasteiger partial charge in [0.2, 0.25) is 0 Å². The summed E-state index contributed by atoms with van der Waals surface area (Å²) in [6, 6.07) is 1.71. The van der Waals surface area contributed by atoms with Gasteiger partial charge >= 0.3 is 5.97 Å². The molecule has 13 heavy (non-hydrogen) atoms. The first-order valence-electron chi connectivity index (χ1n) is 3.72. The third-order valence-electron chi connectivity index (χ3n) is 1.78. The third kappa shape index (κ3) is 1.16. The highest BCUT2D eigenvalue weighted by Gasteiger charge is 2.12. The van der Waals surface area contributed by atoms with Crippen molar-refractivity contribution >= 4 is 16.9 Å². The number of ether oxygens (including phenoxy) is 1. The number of nitrogens with zero attached hydrogens (tertiary/aromatic N) is 1. The molecule has 2 rings (SSSR count). The maximum atomic E-state index is 11.2. The first-order valence-corrected chi connectivity index (χ1v) is 3.72. The molecule has 66 valence electrons. The lowest BCUT2D eigenvalue weighted by Crippen LogP contribution is -1.99. The van der Waals surface area contributed by atoms with Gasteiger partial charge in [0.15, 0.2) is 5.58 Å². The number of esters is 1. The minimum absolute atomic E-state index is 0.398. The number of hydrogen-bond acceptors (Lipinski definition) is 4. The van der Waals surface area contributed by atoms with Crippen LogP contribution in [0.15, 0.2) is 29.1 Å². The standard InChI is InChI=1S/C9H7NO3/c1-12-9(11)7-5-13-8-4-10-3-2-6(7)8/h2-5H,1H3. The van der Waals surface area contributed by atoms with E-state index in [0.717, 1.165) is 5.39 Å². The van der Waals surface area contributed by atoms with Gasteiger partial charge in [-0.05, 0) is 6.07 Å². The van der Waals surface area contributed by atoms with E-state index in [1.54, 1.807) is 18.5 Å². The summed E-state index contributed by atoms with van der Waals surface area (Å²) in [5.74, 6) is -0.398. The molecule has 0 saturated heterocycles. The Morgan fingerprint density at radius 1 is 1.62 bits per heavy atom.